The molecule has 0 heterocycles. The Morgan fingerprint density at radius 1 is 1.60 bits per heavy atom. The van der Waals surface area contributed by atoms with Crippen molar-refractivity contribution in [1.29, 1.82) is 0 Å². The van der Waals surface area contributed by atoms with Crippen LogP contribution in [0.4, 0.5) is 4.79 Å². The highest BCUT2D eigenvalue weighted by Gasteiger charge is 2.20. The lowest BCUT2D eigenvalue weighted by Gasteiger charge is -2.25. The summed E-state index contributed by atoms with van der Waals surface area (Å²) in [6, 6.07) is 0.159. The van der Waals surface area contributed by atoms with E-state index in [4.69, 9.17) is 12.6 Å². The Labute approximate surface area is 92.7 Å². The SMILES string of the molecule is [B]C1=CCC(NC(=O)OC(C)(C)C)CC1. The van der Waals surface area contributed by atoms with Crippen LogP contribution in [0, 0.1) is 0 Å². The summed E-state index contributed by atoms with van der Waals surface area (Å²) >= 11 is 0. The first-order valence-corrected chi connectivity index (χ1v) is 5.31. The van der Waals surface area contributed by atoms with Crippen molar-refractivity contribution in [2.45, 2.75) is 51.7 Å². The van der Waals surface area contributed by atoms with Crippen molar-refractivity contribution in [2.24, 2.45) is 0 Å². The van der Waals surface area contributed by atoms with Gasteiger partial charge in [-0.25, -0.2) is 4.79 Å². The first-order valence-electron chi connectivity index (χ1n) is 5.31. The van der Waals surface area contributed by atoms with E-state index in [9.17, 15) is 4.79 Å². The van der Waals surface area contributed by atoms with Crippen LogP contribution in [0.1, 0.15) is 40.0 Å². The number of alkyl carbamates (subject to hydrolysis) is 1. The monoisotopic (exact) mass is 207 g/mol. The molecular weight excluding hydrogens is 189 g/mol. The van der Waals surface area contributed by atoms with Crippen LogP contribution in [0.25, 0.3) is 0 Å². The fourth-order valence-corrected chi connectivity index (χ4v) is 1.46. The van der Waals surface area contributed by atoms with Gasteiger partial charge in [0.1, 0.15) is 13.4 Å². The second-order valence-corrected chi connectivity index (χ2v) is 4.90. The molecule has 0 aromatic rings. The fraction of sp³-hybridized carbons (Fsp3) is 0.727. The van der Waals surface area contributed by atoms with Gasteiger partial charge in [-0.3, -0.25) is 0 Å². The lowest BCUT2D eigenvalue weighted by molar-refractivity contribution is 0.0501. The first-order chi connectivity index (χ1) is 6.87. The van der Waals surface area contributed by atoms with Crippen LogP contribution in [-0.2, 0) is 4.74 Å². The molecule has 0 spiro atoms. The molecule has 0 fully saturated rings. The molecule has 0 aliphatic heterocycles. The quantitative estimate of drug-likeness (QED) is 0.668. The fourth-order valence-electron chi connectivity index (χ4n) is 1.46. The maximum atomic E-state index is 11.4. The zero-order valence-corrected chi connectivity index (χ0v) is 9.67. The molecule has 15 heavy (non-hydrogen) atoms. The molecule has 0 bridgehead atoms. The molecule has 1 unspecified atom stereocenters. The highest BCUT2D eigenvalue weighted by Crippen LogP contribution is 2.16. The molecule has 1 N–H and O–H groups in total. The topological polar surface area (TPSA) is 38.3 Å². The summed E-state index contributed by atoms with van der Waals surface area (Å²) in [7, 11) is 5.65. The number of allylic oxidation sites excluding steroid dienone is 1. The average molecular weight is 207 g/mol. The lowest BCUT2D eigenvalue weighted by Crippen LogP contribution is -2.39. The van der Waals surface area contributed by atoms with Crippen LogP contribution in [0.15, 0.2) is 11.5 Å². The van der Waals surface area contributed by atoms with E-state index >= 15 is 0 Å². The summed E-state index contributed by atoms with van der Waals surface area (Å²) < 4.78 is 5.17. The van der Waals surface area contributed by atoms with Crippen LogP contribution in [0.5, 0.6) is 0 Å². The highest BCUT2D eigenvalue weighted by atomic mass is 16.6. The molecule has 3 nitrogen and oxygen atoms in total. The predicted molar refractivity (Wildman–Crippen MR) is 60.8 cm³/mol. The van der Waals surface area contributed by atoms with Gasteiger partial charge in [-0.1, -0.05) is 6.08 Å². The van der Waals surface area contributed by atoms with Crippen molar-refractivity contribution in [3.63, 3.8) is 0 Å². The van der Waals surface area contributed by atoms with Gasteiger partial charge in [0.25, 0.3) is 0 Å². The molecule has 1 atom stereocenters. The number of carbonyl (C=O) groups excluding carboxylic acids is 1. The Balaban J connectivity index is 2.33. The van der Waals surface area contributed by atoms with E-state index in [-0.39, 0.29) is 12.1 Å². The summed E-state index contributed by atoms with van der Waals surface area (Å²) in [5.74, 6) is 0. The third-order valence-electron chi connectivity index (χ3n) is 2.17. The molecule has 1 amide bonds. The van der Waals surface area contributed by atoms with Crippen LogP contribution in [-0.4, -0.2) is 25.6 Å². The average Bonchev–Trinajstić information content (AvgIpc) is 2.05. The second kappa shape index (κ2) is 4.73. The normalized spacial score (nSPS) is 21.8. The van der Waals surface area contributed by atoms with Crippen LogP contribution in [0.2, 0.25) is 0 Å². The molecule has 0 aromatic carbocycles. The van der Waals surface area contributed by atoms with Gasteiger partial charge in [-0.2, -0.15) is 0 Å². The summed E-state index contributed by atoms with van der Waals surface area (Å²) in [5.41, 5.74) is 0.477. The molecule has 0 saturated heterocycles. The van der Waals surface area contributed by atoms with Crippen LogP contribution >= 0.6 is 0 Å². The van der Waals surface area contributed by atoms with Crippen molar-refractivity contribution < 1.29 is 9.53 Å². The Bertz CT molecular complexity index is 268. The van der Waals surface area contributed by atoms with Crippen molar-refractivity contribution in [3.8, 4) is 0 Å². The van der Waals surface area contributed by atoms with Gasteiger partial charge >= 0.3 is 6.09 Å². The summed E-state index contributed by atoms with van der Waals surface area (Å²) in [6.45, 7) is 5.56. The third kappa shape index (κ3) is 4.91. The van der Waals surface area contributed by atoms with Gasteiger partial charge in [0.2, 0.25) is 0 Å². The van der Waals surface area contributed by atoms with Crippen molar-refractivity contribution in [1.82, 2.24) is 5.32 Å². The van der Waals surface area contributed by atoms with E-state index in [0.29, 0.717) is 0 Å². The number of hydrogen-bond acceptors (Lipinski definition) is 2. The third-order valence-corrected chi connectivity index (χ3v) is 2.17. The number of carbonyl (C=O) groups is 1. The lowest BCUT2D eigenvalue weighted by atomic mass is 9.83. The standard InChI is InChI=1S/C11H18BNO2/c1-11(2,3)15-10(14)13-9-6-4-8(12)5-7-9/h4,9H,5-7H2,1-3H3,(H,13,14). The Hall–Kier alpha value is -0.925. The van der Waals surface area contributed by atoms with Crippen LogP contribution < -0.4 is 5.32 Å². The molecule has 1 rings (SSSR count). The first kappa shape index (κ1) is 12.1. The largest absolute Gasteiger partial charge is 0.444 e. The summed E-state index contributed by atoms with van der Waals surface area (Å²) in [6.07, 6.45) is 4.15. The van der Waals surface area contributed by atoms with Crippen molar-refractivity contribution >= 4 is 13.9 Å². The number of rotatable bonds is 1. The molecule has 0 saturated carbocycles. The molecule has 1 aliphatic carbocycles. The Kier molecular flexibility index (Phi) is 3.83. The van der Waals surface area contributed by atoms with Gasteiger partial charge in [-0.15, -0.1) is 5.47 Å². The van der Waals surface area contributed by atoms with Gasteiger partial charge < -0.3 is 10.1 Å². The van der Waals surface area contributed by atoms with Crippen LogP contribution in [0.3, 0.4) is 0 Å². The molecule has 0 aromatic heterocycles. The van der Waals surface area contributed by atoms with E-state index in [1.54, 1.807) is 0 Å². The Morgan fingerprint density at radius 3 is 2.73 bits per heavy atom. The molecule has 4 heteroatoms. The number of nitrogens with one attached hydrogen (secondary N) is 1. The van der Waals surface area contributed by atoms with E-state index in [1.165, 1.54) is 0 Å². The summed E-state index contributed by atoms with van der Waals surface area (Å²) in [5, 5.41) is 2.83. The van der Waals surface area contributed by atoms with Gasteiger partial charge in [0.05, 0.1) is 0 Å². The zero-order chi connectivity index (χ0) is 11.5. The maximum Gasteiger partial charge on any atom is 0.407 e. The van der Waals surface area contributed by atoms with E-state index < -0.39 is 5.60 Å². The smallest absolute Gasteiger partial charge is 0.407 e. The van der Waals surface area contributed by atoms with Gasteiger partial charge in [0.15, 0.2) is 0 Å². The zero-order valence-electron chi connectivity index (χ0n) is 9.67. The number of amides is 1. The number of ether oxygens (including phenoxy) is 1. The maximum absolute atomic E-state index is 11.4. The Morgan fingerprint density at radius 2 is 2.27 bits per heavy atom. The highest BCUT2D eigenvalue weighted by molar-refractivity contribution is 6.21. The summed E-state index contributed by atoms with van der Waals surface area (Å²) in [4.78, 5) is 11.4. The predicted octanol–water partition coefficient (Wildman–Crippen LogP) is 2.12. The number of hydrogen-bond donors (Lipinski definition) is 1. The minimum Gasteiger partial charge on any atom is -0.444 e. The van der Waals surface area contributed by atoms with Gasteiger partial charge in [0, 0.05) is 6.04 Å². The molecule has 82 valence electrons. The van der Waals surface area contributed by atoms with Crippen molar-refractivity contribution in [3.05, 3.63) is 11.5 Å². The van der Waals surface area contributed by atoms with Gasteiger partial charge in [-0.05, 0) is 40.0 Å². The second-order valence-electron chi connectivity index (χ2n) is 4.90. The molecular formula is C11H18BNO2. The molecule has 2 radical (unpaired) electrons. The molecule has 1 aliphatic rings. The minimum atomic E-state index is -0.437. The van der Waals surface area contributed by atoms with E-state index in [1.807, 2.05) is 26.8 Å². The van der Waals surface area contributed by atoms with Crippen molar-refractivity contribution in [2.75, 3.05) is 0 Å². The minimum absolute atomic E-state index is 0.159. The van der Waals surface area contributed by atoms with E-state index in [2.05, 4.69) is 5.32 Å². The van der Waals surface area contributed by atoms with E-state index in [0.717, 1.165) is 24.7 Å².